The average molecular weight is 267 g/mol. The minimum atomic E-state index is -0.533. The fourth-order valence-corrected chi connectivity index (χ4v) is 1.04. The summed E-state index contributed by atoms with van der Waals surface area (Å²) in [6.07, 6.45) is 0. The van der Waals surface area contributed by atoms with Gasteiger partial charge in [0.05, 0.1) is 18.6 Å². The number of rotatable bonds is 6. The fraction of sp³-hybridized carbons (Fsp3) is 0.818. The summed E-state index contributed by atoms with van der Waals surface area (Å²) in [6.45, 7) is 7.82. The Morgan fingerprint density at radius 2 is 1.82 bits per heavy atom. The lowest BCUT2D eigenvalue weighted by Crippen LogP contribution is -2.45. The number of carbonyl (C=O) groups is 2. The normalized spacial score (nSPS) is 13.5. The summed E-state index contributed by atoms with van der Waals surface area (Å²) in [5, 5.41) is 2.64. The third-order valence-corrected chi connectivity index (χ3v) is 2.29. The van der Waals surface area contributed by atoms with Gasteiger partial charge in [-0.25, -0.2) is 0 Å². The van der Waals surface area contributed by atoms with Crippen LogP contribution in [0.2, 0.25) is 0 Å². The molecule has 1 unspecified atom stereocenters. The molecule has 6 heteroatoms. The number of amides is 1. The molecule has 0 fully saturated rings. The zero-order valence-electron chi connectivity index (χ0n) is 10.9. The summed E-state index contributed by atoms with van der Waals surface area (Å²) in [5.74, 6) is -0.798. The van der Waals surface area contributed by atoms with Gasteiger partial charge in [-0.05, 0) is 12.8 Å². The van der Waals surface area contributed by atoms with Crippen LogP contribution in [-0.4, -0.2) is 31.1 Å². The Morgan fingerprint density at radius 3 is 2.24 bits per heavy atom. The summed E-state index contributed by atoms with van der Waals surface area (Å²) >= 11 is 0. The van der Waals surface area contributed by atoms with Gasteiger partial charge in [0.1, 0.15) is 0 Å². The third kappa shape index (κ3) is 7.18. The molecular weight excluding hydrogens is 244 g/mol. The molecule has 2 atom stereocenters. The molecular formula is C11H23ClN2O3. The quantitative estimate of drug-likeness (QED) is 0.694. The number of esters is 1. The summed E-state index contributed by atoms with van der Waals surface area (Å²) in [6, 6.07) is -0.533. The van der Waals surface area contributed by atoms with Gasteiger partial charge >= 0.3 is 5.97 Å². The van der Waals surface area contributed by atoms with Crippen LogP contribution in [0.4, 0.5) is 0 Å². The summed E-state index contributed by atoms with van der Waals surface area (Å²) in [5.41, 5.74) is 5.65. The molecule has 0 heterocycles. The maximum absolute atomic E-state index is 11.5. The smallest absolute Gasteiger partial charge is 0.310 e. The van der Waals surface area contributed by atoms with E-state index in [-0.39, 0.29) is 42.7 Å². The van der Waals surface area contributed by atoms with Crippen LogP contribution in [0, 0.1) is 11.8 Å². The molecule has 5 nitrogen and oxygen atoms in total. The Bertz CT molecular complexity index is 247. The highest BCUT2D eigenvalue weighted by Gasteiger charge is 2.19. The molecule has 0 aromatic heterocycles. The van der Waals surface area contributed by atoms with Crippen molar-refractivity contribution in [2.24, 2.45) is 17.6 Å². The molecule has 0 aliphatic heterocycles. The van der Waals surface area contributed by atoms with Crippen LogP contribution in [0.25, 0.3) is 0 Å². The van der Waals surface area contributed by atoms with Crippen LogP contribution in [0.3, 0.4) is 0 Å². The van der Waals surface area contributed by atoms with Gasteiger partial charge in [0.15, 0.2) is 0 Å². The molecule has 0 aliphatic rings. The van der Waals surface area contributed by atoms with Crippen LogP contribution >= 0.6 is 12.4 Å². The standard InChI is InChI=1S/C11H22N2O3.ClH/c1-5-16-11(15)8(4)6-13-10(14)9(12)7(2)3;/h7-9H,5-6,12H2,1-4H3,(H,13,14);1H/t8?,9-;/m0./s1. The molecule has 17 heavy (non-hydrogen) atoms. The maximum atomic E-state index is 11.5. The Labute approximate surface area is 109 Å². The largest absolute Gasteiger partial charge is 0.466 e. The molecule has 0 bridgehead atoms. The van der Waals surface area contributed by atoms with Crippen LogP contribution < -0.4 is 11.1 Å². The van der Waals surface area contributed by atoms with Crippen molar-refractivity contribution in [2.45, 2.75) is 33.7 Å². The molecule has 0 aliphatic carbocycles. The summed E-state index contributed by atoms with van der Waals surface area (Å²) in [4.78, 5) is 22.7. The van der Waals surface area contributed by atoms with Crippen molar-refractivity contribution in [1.29, 1.82) is 0 Å². The van der Waals surface area contributed by atoms with E-state index >= 15 is 0 Å². The Kier molecular flexibility index (Phi) is 10.1. The molecule has 0 radical (unpaired) electrons. The van der Waals surface area contributed by atoms with E-state index in [0.29, 0.717) is 6.61 Å². The minimum absolute atomic E-state index is 0. The second kappa shape index (κ2) is 9.24. The molecule has 0 rings (SSSR count). The van der Waals surface area contributed by atoms with Gasteiger partial charge < -0.3 is 15.8 Å². The van der Waals surface area contributed by atoms with Crippen molar-refractivity contribution in [3.05, 3.63) is 0 Å². The van der Waals surface area contributed by atoms with Crippen molar-refractivity contribution in [2.75, 3.05) is 13.2 Å². The highest BCUT2D eigenvalue weighted by Crippen LogP contribution is 2.00. The second-order valence-corrected chi connectivity index (χ2v) is 4.17. The maximum Gasteiger partial charge on any atom is 0.310 e. The molecule has 1 amide bonds. The Balaban J connectivity index is 0. The van der Waals surface area contributed by atoms with Crippen molar-refractivity contribution in [1.82, 2.24) is 5.32 Å². The highest BCUT2D eigenvalue weighted by atomic mass is 35.5. The van der Waals surface area contributed by atoms with E-state index in [2.05, 4.69) is 5.32 Å². The molecule has 0 spiro atoms. The number of nitrogens with two attached hydrogens (primary N) is 1. The number of nitrogens with one attached hydrogen (secondary N) is 1. The SMILES string of the molecule is CCOC(=O)C(C)CNC(=O)[C@@H](N)C(C)C.Cl. The van der Waals surface area contributed by atoms with Gasteiger partial charge in [0.2, 0.25) is 5.91 Å². The van der Waals surface area contributed by atoms with Gasteiger partial charge in [-0.3, -0.25) is 9.59 Å². The van der Waals surface area contributed by atoms with E-state index in [1.165, 1.54) is 0 Å². The molecule has 0 saturated heterocycles. The van der Waals surface area contributed by atoms with Crippen molar-refractivity contribution in [3.63, 3.8) is 0 Å². The van der Waals surface area contributed by atoms with Gasteiger partial charge in [-0.2, -0.15) is 0 Å². The number of hydrogen-bond donors (Lipinski definition) is 2. The van der Waals surface area contributed by atoms with E-state index in [1.54, 1.807) is 13.8 Å². The highest BCUT2D eigenvalue weighted by molar-refractivity contribution is 5.85. The predicted octanol–water partition coefficient (Wildman–Crippen LogP) is 0.707. The average Bonchev–Trinajstić information content (AvgIpc) is 2.24. The van der Waals surface area contributed by atoms with Crippen molar-refractivity contribution < 1.29 is 14.3 Å². The minimum Gasteiger partial charge on any atom is -0.466 e. The number of halogens is 1. The van der Waals surface area contributed by atoms with Gasteiger partial charge in [0.25, 0.3) is 0 Å². The first-order valence-corrected chi connectivity index (χ1v) is 5.60. The van der Waals surface area contributed by atoms with E-state index < -0.39 is 6.04 Å². The lowest BCUT2D eigenvalue weighted by atomic mass is 10.0. The topological polar surface area (TPSA) is 81.4 Å². The number of hydrogen-bond acceptors (Lipinski definition) is 4. The first-order valence-electron chi connectivity index (χ1n) is 5.60. The summed E-state index contributed by atoms with van der Waals surface area (Å²) in [7, 11) is 0. The molecule has 0 aromatic carbocycles. The molecule has 0 saturated carbocycles. The predicted molar refractivity (Wildman–Crippen MR) is 68.9 cm³/mol. The third-order valence-electron chi connectivity index (χ3n) is 2.29. The van der Waals surface area contributed by atoms with E-state index in [4.69, 9.17) is 10.5 Å². The van der Waals surface area contributed by atoms with Gasteiger partial charge in [0, 0.05) is 6.54 Å². The number of carbonyl (C=O) groups excluding carboxylic acids is 2. The van der Waals surface area contributed by atoms with Gasteiger partial charge in [-0.15, -0.1) is 12.4 Å². The molecule has 102 valence electrons. The Morgan fingerprint density at radius 1 is 1.29 bits per heavy atom. The zero-order chi connectivity index (χ0) is 12.7. The molecule has 0 aromatic rings. The van der Waals surface area contributed by atoms with E-state index in [0.717, 1.165) is 0 Å². The van der Waals surface area contributed by atoms with Crippen LogP contribution in [0.5, 0.6) is 0 Å². The van der Waals surface area contributed by atoms with Crippen molar-refractivity contribution >= 4 is 24.3 Å². The second-order valence-electron chi connectivity index (χ2n) is 4.17. The first kappa shape index (κ1) is 18.6. The molecule has 3 N–H and O–H groups in total. The first-order chi connectivity index (χ1) is 7.40. The van der Waals surface area contributed by atoms with E-state index in [9.17, 15) is 9.59 Å². The lowest BCUT2D eigenvalue weighted by Gasteiger charge is -2.17. The summed E-state index contributed by atoms with van der Waals surface area (Å²) < 4.78 is 4.82. The van der Waals surface area contributed by atoms with Gasteiger partial charge in [-0.1, -0.05) is 20.8 Å². The Hall–Kier alpha value is -0.810. The fourth-order valence-electron chi connectivity index (χ4n) is 1.04. The zero-order valence-corrected chi connectivity index (χ0v) is 11.7. The van der Waals surface area contributed by atoms with Crippen LogP contribution in [0.1, 0.15) is 27.7 Å². The van der Waals surface area contributed by atoms with Crippen LogP contribution in [-0.2, 0) is 14.3 Å². The number of ether oxygens (including phenoxy) is 1. The van der Waals surface area contributed by atoms with Crippen LogP contribution in [0.15, 0.2) is 0 Å². The monoisotopic (exact) mass is 266 g/mol. The lowest BCUT2D eigenvalue weighted by molar-refractivity contribution is -0.147. The van der Waals surface area contributed by atoms with Crippen molar-refractivity contribution in [3.8, 4) is 0 Å². The van der Waals surface area contributed by atoms with E-state index in [1.807, 2.05) is 13.8 Å².